The largest absolute Gasteiger partial charge is 0.338 e. The van der Waals surface area contributed by atoms with Gasteiger partial charge in [-0.1, -0.05) is 20.8 Å². The van der Waals surface area contributed by atoms with Gasteiger partial charge < -0.3 is 9.80 Å². The second kappa shape index (κ2) is 4.08. The standard InChI is InChI=1S/C11H21FN2O/c1-11(2,3)10(15)14-6-8(12)9(7-14)13(4)5/h8-9H,6-7H2,1-5H3/t8-,9+/m1/s1. The first kappa shape index (κ1) is 12.4. The molecule has 1 heterocycles. The molecule has 0 aromatic rings. The van der Waals surface area contributed by atoms with Crippen LogP contribution in [0.25, 0.3) is 0 Å². The number of halogens is 1. The summed E-state index contributed by atoms with van der Waals surface area (Å²) in [6, 6.07) is -0.156. The number of rotatable bonds is 1. The van der Waals surface area contributed by atoms with Gasteiger partial charge in [0.25, 0.3) is 0 Å². The quantitative estimate of drug-likeness (QED) is 0.656. The molecule has 4 heteroatoms. The van der Waals surface area contributed by atoms with Crippen LogP contribution in [0.1, 0.15) is 20.8 Å². The maximum absolute atomic E-state index is 13.6. The summed E-state index contributed by atoms with van der Waals surface area (Å²) in [4.78, 5) is 15.4. The topological polar surface area (TPSA) is 23.6 Å². The van der Waals surface area contributed by atoms with Crippen molar-refractivity contribution >= 4 is 5.91 Å². The zero-order valence-electron chi connectivity index (χ0n) is 10.2. The summed E-state index contributed by atoms with van der Waals surface area (Å²) in [6.07, 6.45) is -0.925. The maximum atomic E-state index is 13.6. The average molecular weight is 216 g/mol. The summed E-state index contributed by atoms with van der Waals surface area (Å²) in [5.74, 6) is 0.0366. The maximum Gasteiger partial charge on any atom is 0.228 e. The van der Waals surface area contributed by atoms with Crippen LogP contribution < -0.4 is 0 Å². The van der Waals surface area contributed by atoms with Crippen LogP contribution in [-0.2, 0) is 4.79 Å². The molecule has 0 spiro atoms. The lowest BCUT2D eigenvalue weighted by Gasteiger charge is -2.26. The molecule has 0 aromatic heterocycles. The van der Waals surface area contributed by atoms with Crippen molar-refractivity contribution in [3.8, 4) is 0 Å². The predicted octanol–water partition coefficient (Wildman–Crippen LogP) is 1.14. The number of hydrogen-bond donors (Lipinski definition) is 0. The van der Waals surface area contributed by atoms with Gasteiger partial charge in [0.1, 0.15) is 6.17 Å². The third kappa shape index (κ3) is 2.68. The number of carbonyl (C=O) groups is 1. The summed E-state index contributed by atoms with van der Waals surface area (Å²) >= 11 is 0. The number of amides is 1. The van der Waals surface area contributed by atoms with Crippen molar-refractivity contribution in [3.05, 3.63) is 0 Å². The molecule has 0 N–H and O–H groups in total. The molecule has 0 aliphatic carbocycles. The number of likely N-dealkylation sites (tertiary alicyclic amines) is 1. The van der Waals surface area contributed by atoms with Crippen molar-refractivity contribution in [2.24, 2.45) is 5.41 Å². The number of carbonyl (C=O) groups excluding carboxylic acids is 1. The Hall–Kier alpha value is -0.640. The van der Waals surface area contributed by atoms with Crippen molar-refractivity contribution in [1.29, 1.82) is 0 Å². The first-order valence-corrected chi connectivity index (χ1v) is 5.33. The molecule has 15 heavy (non-hydrogen) atoms. The molecule has 0 saturated carbocycles. The lowest BCUT2D eigenvalue weighted by molar-refractivity contribution is -0.138. The lowest BCUT2D eigenvalue weighted by atomic mass is 9.95. The van der Waals surface area contributed by atoms with Crippen molar-refractivity contribution < 1.29 is 9.18 Å². The number of alkyl halides is 1. The van der Waals surface area contributed by atoms with Crippen LogP contribution in [-0.4, -0.2) is 55.1 Å². The van der Waals surface area contributed by atoms with E-state index in [9.17, 15) is 9.18 Å². The van der Waals surface area contributed by atoms with Crippen LogP contribution in [0.2, 0.25) is 0 Å². The molecule has 1 aliphatic rings. The van der Waals surface area contributed by atoms with Crippen molar-refractivity contribution in [2.45, 2.75) is 33.0 Å². The Bertz CT molecular complexity index is 247. The van der Waals surface area contributed by atoms with Crippen molar-refractivity contribution in [2.75, 3.05) is 27.2 Å². The Morgan fingerprint density at radius 1 is 1.33 bits per heavy atom. The van der Waals surface area contributed by atoms with Crippen LogP contribution in [0, 0.1) is 5.41 Å². The highest BCUT2D eigenvalue weighted by molar-refractivity contribution is 5.81. The van der Waals surface area contributed by atoms with E-state index in [4.69, 9.17) is 0 Å². The minimum atomic E-state index is -0.925. The lowest BCUT2D eigenvalue weighted by Crippen LogP contribution is -2.40. The molecule has 1 fully saturated rings. The third-order valence-corrected chi connectivity index (χ3v) is 2.81. The third-order valence-electron chi connectivity index (χ3n) is 2.81. The first-order valence-electron chi connectivity index (χ1n) is 5.33. The molecule has 1 aliphatic heterocycles. The number of hydrogen-bond acceptors (Lipinski definition) is 2. The van der Waals surface area contributed by atoms with Crippen LogP contribution >= 0.6 is 0 Å². The van der Waals surface area contributed by atoms with Gasteiger partial charge in [0.2, 0.25) is 5.91 Å². The van der Waals surface area contributed by atoms with Crippen LogP contribution in [0.15, 0.2) is 0 Å². The number of nitrogens with zero attached hydrogens (tertiary/aromatic N) is 2. The van der Waals surface area contributed by atoms with Crippen LogP contribution in [0.5, 0.6) is 0 Å². The summed E-state index contributed by atoms with van der Waals surface area (Å²) in [7, 11) is 3.70. The first-order chi connectivity index (χ1) is 6.73. The summed E-state index contributed by atoms with van der Waals surface area (Å²) in [5, 5.41) is 0. The van der Waals surface area contributed by atoms with Gasteiger partial charge in [-0.25, -0.2) is 4.39 Å². The Morgan fingerprint density at radius 2 is 1.87 bits per heavy atom. The molecule has 0 unspecified atom stereocenters. The monoisotopic (exact) mass is 216 g/mol. The smallest absolute Gasteiger partial charge is 0.228 e. The van der Waals surface area contributed by atoms with E-state index < -0.39 is 11.6 Å². The van der Waals surface area contributed by atoms with Gasteiger partial charge in [0.05, 0.1) is 12.6 Å². The molecule has 0 aromatic carbocycles. The van der Waals surface area contributed by atoms with Gasteiger partial charge in [-0.2, -0.15) is 0 Å². The molecular formula is C11H21FN2O. The van der Waals surface area contributed by atoms with Crippen LogP contribution in [0.3, 0.4) is 0 Å². The summed E-state index contributed by atoms with van der Waals surface area (Å²) in [5.41, 5.74) is -0.416. The van der Waals surface area contributed by atoms with E-state index in [0.717, 1.165) is 0 Å². The Labute approximate surface area is 91.2 Å². The van der Waals surface area contributed by atoms with E-state index in [1.54, 1.807) is 4.90 Å². The summed E-state index contributed by atoms with van der Waals surface area (Å²) < 4.78 is 13.6. The SMILES string of the molecule is CN(C)[C@H]1CN(C(=O)C(C)(C)C)C[C@H]1F. The van der Waals surface area contributed by atoms with E-state index in [0.29, 0.717) is 6.54 Å². The molecule has 0 bridgehead atoms. The summed E-state index contributed by atoms with van der Waals surface area (Å²) in [6.45, 7) is 6.34. The van der Waals surface area contributed by atoms with E-state index in [-0.39, 0.29) is 18.5 Å². The highest BCUT2D eigenvalue weighted by Crippen LogP contribution is 2.24. The minimum absolute atomic E-state index is 0.0366. The van der Waals surface area contributed by atoms with E-state index >= 15 is 0 Å². The second-order valence-corrected chi connectivity index (χ2v) is 5.51. The molecule has 3 nitrogen and oxygen atoms in total. The zero-order chi connectivity index (χ0) is 11.8. The minimum Gasteiger partial charge on any atom is -0.338 e. The van der Waals surface area contributed by atoms with Gasteiger partial charge in [0.15, 0.2) is 0 Å². The van der Waals surface area contributed by atoms with Crippen molar-refractivity contribution in [1.82, 2.24) is 9.80 Å². The molecule has 1 amide bonds. The molecular weight excluding hydrogens is 195 g/mol. The van der Waals surface area contributed by atoms with E-state index in [1.807, 2.05) is 39.8 Å². The molecule has 88 valence electrons. The zero-order valence-corrected chi connectivity index (χ0v) is 10.2. The predicted molar refractivity (Wildman–Crippen MR) is 58.4 cm³/mol. The van der Waals surface area contributed by atoms with Crippen LogP contribution in [0.4, 0.5) is 4.39 Å². The normalized spacial score (nSPS) is 27.5. The fourth-order valence-corrected chi connectivity index (χ4v) is 1.87. The highest BCUT2D eigenvalue weighted by atomic mass is 19.1. The van der Waals surface area contributed by atoms with Gasteiger partial charge in [-0.3, -0.25) is 4.79 Å². The molecule has 0 radical (unpaired) electrons. The molecule has 2 atom stereocenters. The van der Waals surface area contributed by atoms with Gasteiger partial charge in [-0.15, -0.1) is 0 Å². The Kier molecular flexibility index (Phi) is 3.38. The van der Waals surface area contributed by atoms with Gasteiger partial charge >= 0.3 is 0 Å². The van der Waals surface area contributed by atoms with Gasteiger partial charge in [0, 0.05) is 12.0 Å². The molecule has 1 saturated heterocycles. The fourth-order valence-electron chi connectivity index (χ4n) is 1.87. The van der Waals surface area contributed by atoms with E-state index in [2.05, 4.69) is 0 Å². The Balaban J connectivity index is 2.67. The number of likely N-dealkylation sites (N-methyl/N-ethyl adjacent to an activating group) is 1. The second-order valence-electron chi connectivity index (χ2n) is 5.51. The van der Waals surface area contributed by atoms with Gasteiger partial charge in [-0.05, 0) is 14.1 Å². The fraction of sp³-hybridized carbons (Fsp3) is 0.909. The highest BCUT2D eigenvalue weighted by Gasteiger charge is 2.39. The average Bonchev–Trinajstić information content (AvgIpc) is 2.44. The Morgan fingerprint density at radius 3 is 2.20 bits per heavy atom. The molecule has 1 rings (SSSR count). The van der Waals surface area contributed by atoms with E-state index in [1.165, 1.54) is 0 Å². The van der Waals surface area contributed by atoms with Crippen molar-refractivity contribution in [3.63, 3.8) is 0 Å².